The Kier molecular flexibility index (Phi) is 3.36. The van der Waals surface area contributed by atoms with E-state index in [4.69, 9.17) is 10.8 Å². The molecular formula is C6H12N2O3. The summed E-state index contributed by atoms with van der Waals surface area (Å²) >= 11 is 0. The molecule has 0 aromatic rings. The Labute approximate surface area is 64.8 Å². The normalized spacial score (nSPS) is 12.2. The second kappa shape index (κ2) is 3.80. The van der Waals surface area contributed by atoms with Crippen molar-refractivity contribution in [1.29, 1.82) is 0 Å². The molecule has 64 valence electrons. The summed E-state index contributed by atoms with van der Waals surface area (Å²) in [5, 5.41) is 8.43. The summed E-state index contributed by atoms with van der Waals surface area (Å²) in [7, 11) is 1.46. The maximum absolute atomic E-state index is 10.4. The Hall–Kier alpha value is -1.26. The SMILES string of the molecule is CC(CN(C)C(N)=O)C(=O)O. The topological polar surface area (TPSA) is 83.6 Å². The molecule has 0 aromatic carbocycles. The van der Waals surface area contributed by atoms with E-state index in [1.54, 1.807) is 0 Å². The summed E-state index contributed by atoms with van der Waals surface area (Å²) in [6, 6.07) is -0.613. The third kappa shape index (κ3) is 3.44. The molecule has 1 atom stereocenters. The highest BCUT2D eigenvalue weighted by molar-refractivity contribution is 5.74. The van der Waals surface area contributed by atoms with Crippen molar-refractivity contribution in [3.63, 3.8) is 0 Å². The van der Waals surface area contributed by atoms with Crippen molar-refractivity contribution >= 4 is 12.0 Å². The van der Waals surface area contributed by atoms with Gasteiger partial charge in [0.2, 0.25) is 0 Å². The molecule has 5 nitrogen and oxygen atoms in total. The zero-order chi connectivity index (χ0) is 9.02. The molecule has 0 aliphatic rings. The molecule has 0 spiro atoms. The lowest BCUT2D eigenvalue weighted by molar-refractivity contribution is -0.141. The van der Waals surface area contributed by atoms with Crippen molar-refractivity contribution in [1.82, 2.24) is 4.90 Å². The lowest BCUT2D eigenvalue weighted by Crippen LogP contribution is -2.37. The van der Waals surface area contributed by atoms with E-state index < -0.39 is 17.9 Å². The first-order valence-corrected chi connectivity index (χ1v) is 3.18. The van der Waals surface area contributed by atoms with Crippen LogP contribution in [0.1, 0.15) is 6.92 Å². The molecule has 0 bridgehead atoms. The molecule has 0 fully saturated rings. The van der Waals surface area contributed by atoms with Crippen LogP contribution in [0.3, 0.4) is 0 Å². The van der Waals surface area contributed by atoms with Gasteiger partial charge >= 0.3 is 12.0 Å². The number of nitrogens with zero attached hydrogens (tertiary/aromatic N) is 1. The fraction of sp³-hybridized carbons (Fsp3) is 0.667. The summed E-state index contributed by atoms with van der Waals surface area (Å²) in [6.45, 7) is 1.66. The van der Waals surface area contributed by atoms with Crippen molar-refractivity contribution in [2.24, 2.45) is 11.7 Å². The molecule has 0 aliphatic carbocycles. The van der Waals surface area contributed by atoms with Crippen LogP contribution in [-0.2, 0) is 4.79 Å². The molecule has 0 radical (unpaired) electrons. The predicted molar refractivity (Wildman–Crippen MR) is 39.0 cm³/mol. The minimum absolute atomic E-state index is 0.144. The first kappa shape index (κ1) is 9.74. The van der Waals surface area contributed by atoms with Crippen molar-refractivity contribution in [2.45, 2.75) is 6.92 Å². The number of rotatable bonds is 3. The monoisotopic (exact) mass is 160 g/mol. The van der Waals surface area contributed by atoms with Gasteiger partial charge < -0.3 is 15.7 Å². The number of carboxylic acids is 1. The average Bonchev–Trinajstić information content (AvgIpc) is 1.87. The Morgan fingerprint density at radius 3 is 2.36 bits per heavy atom. The Bertz CT molecular complexity index is 151. The maximum Gasteiger partial charge on any atom is 0.314 e. The van der Waals surface area contributed by atoms with E-state index in [9.17, 15) is 9.59 Å². The van der Waals surface area contributed by atoms with E-state index in [-0.39, 0.29) is 6.54 Å². The largest absolute Gasteiger partial charge is 0.481 e. The number of carboxylic acid groups (broad SMARTS) is 1. The molecule has 0 aliphatic heterocycles. The van der Waals surface area contributed by atoms with Crippen LogP contribution in [0, 0.1) is 5.92 Å². The van der Waals surface area contributed by atoms with Gasteiger partial charge in [0.05, 0.1) is 5.92 Å². The zero-order valence-electron chi connectivity index (χ0n) is 6.57. The van der Waals surface area contributed by atoms with Crippen LogP contribution < -0.4 is 5.73 Å². The molecule has 11 heavy (non-hydrogen) atoms. The highest BCUT2D eigenvalue weighted by Gasteiger charge is 2.14. The molecule has 3 N–H and O–H groups in total. The summed E-state index contributed by atoms with van der Waals surface area (Å²) in [5.74, 6) is -1.51. The van der Waals surface area contributed by atoms with Crippen molar-refractivity contribution in [3.05, 3.63) is 0 Å². The van der Waals surface area contributed by atoms with Crippen LogP contribution >= 0.6 is 0 Å². The number of urea groups is 1. The van der Waals surface area contributed by atoms with Crippen LogP contribution in [0.2, 0.25) is 0 Å². The number of hydrogen-bond acceptors (Lipinski definition) is 2. The number of aliphatic carboxylic acids is 1. The highest BCUT2D eigenvalue weighted by atomic mass is 16.4. The summed E-state index contributed by atoms with van der Waals surface area (Å²) in [5.41, 5.74) is 4.88. The maximum atomic E-state index is 10.4. The van der Waals surface area contributed by atoms with Crippen LogP contribution in [0.25, 0.3) is 0 Å². The molecule has 2 amide bonds. The molecule has 1 unspecified atom stereocenters. The minimum Gasteiger partial charge on any atom is -0.481 e. The van der Waals surface area contributed by atoms with E-state index in [0.29, 0.717) is 0 Å². The summed E-state index contributed by atoms with van der Waals surface area (Å²) in [6.07, 6.45) is 0. The van der Waals surface area contributed by atoms with E-state index >= 15 is 0 Å². The second-order valence-electron chi connectivity index (χ2n) is 2.46. The number of nitrogens with two attached hydrogens (primary N) is 1. The fourth-order valence-corrected chi connectivity index (χ4v) is 0.579. The number of carbonyl (C=O) groups is 2. The summed E-state index contributed by atoms with van der Waals surface area (Å²) < 4.78 is 0. The quantitative estimate of drug-likeness (QED) is 0.595. The van der Waals surface area contributed by atoms with Crippen LogP contribution in [0.4, 0.5) is 4.79 Å². The lowest BCUT2D eigenvalue weighted by Gasteiger charge is -2.16. The van der Waals surface area contributed by atoms with Crippen LogP contribution in [0.15, 0.2) is 0 Å². The van der Waals surface area contributed by atoms with Crippen molar-refractivity contribution < 1.29 is 14.7 Å². The predicted octanol–water partition coefficient (Wildman–Crippen LogP) is -0.282. The van der Waals surface area contributed by atoms with Gasteiger partial charge in [-0.1, -0.05) is 6.92 Å². The van der Waals surface area contributed by atoms with Gasteiger partial charge in [0.1, 0.15) is 0 Å². The molecule has 0 heterocycles. The van der Waals surface area contributed by atoms with Crippen LogP contribution in [0.5, 0.6) is 0 Å². The van der Waals surface area contributed by atoms with Crippen molar-refractivity contribution in [2.75, 3.05) is 13.6 Å². The van der Waals surface area contributed by atoms with Gasteiger partial charge in [-0.05, 0) is 0 Å². The van der Waals surface area contributed by atoms with Crippen molar-refractivity contribution in [3.8, 4) is 0 Å². The van der Waals surface area contributed by atoms with Gasteiger partial charge in [-0.2, -0.15) is 0 Å². The third-order valence-electron chi connectivity index (χ3n) is 1.35. The molecule has 0 saturated carbocycles. The van der Waals surface area contributed by atoms with Gasteiger partial charge in [-0.15, -0.1) is 0 Å². The standard InChI is InChI=1S/C6H12N2O3/c1-4(5(9)10)3-8(2)6(7)11/h4H,3H2,1-2H3,(H2,7,11)(H,9,10). The highest BCUT2D eigenvalue weighted by Crippen LogP contribution is 1.96. The van der Waals surface area contributed by atoms with Gasteiger partial charge in [0.25, 0.3) is 0 Å². The summed E-state index contributed by atoms with van der Waals surface area (Å²) in [4.78, 5) is 21.9. The lowest BCUT2D eigenvalue weighted by atomic mass is 10.2. The molecule has 0 saturated heterocycles. The van der Waals surface area contributed by atoms with Crippen LogP contribution in [-0.4, -0.2) is 35.6 Å². The number of hydrogen-bond donors (Lipinski definition) is 2. The van der Waals surface area contributed by atoms with Gasteiger partial charge in [0.15, 0.2) is 0 Å². The molecule has 5 heteroatoms. The van der Waals surface area contributed by atoms with Gasteiger partial charge in [-0.3, -0.25) is 4.79 Å². The van der Waals surface area contributed by atoms with E-state index in [1.165, 1.54) is 18.9 Å². The van der Waals surface area contributed by atoms with E-state index in [2.05, 4.69) is 0 Å². The van der Waals surface area contributed by atoms with E-state index in [1.807, 2.05) is 0 Å². The first-order chi connectivity index (χ1) is 4.95. The minimum atomic E-state index is -0.932. The number of amides is 2. The fourth-order valence-electron chi connectivity index (χ4n) is 0.579. The molecule has 0 aromatic heterocycles. The van der Waals surface area contributed by atoms with Gasteiger partial charge in [0, 0.05) is 13.6 Å². The third-order valence-corrected chi connectivity index (χ3v) is 1.35. The molecule has 0 rings (SSSR count). The smallest absolute Gasteiger partial charge is 0.314 e. The molecular weight excluding hydrogens is 148 g/mol. The average molecular weight is 160 g/mol. The van der Waals surface area contributed by atoms with Gasteiger partial charge in [-0.25, -0.2) is 4.79 Å². The zero-order valence-corrected chi connectivity index (χ0v) is 6.57. The Morgan fingerprint density at radius 2 is 2.09 bits per heavy atom. The number of primary amides is 1. The van der Waals surface area contributed by atoms with E-state index in [0.717, 1.165) is 0 Å². The Balaban J connectivity index is 3.84. The second-order valence-corrected chi connectivity index (χ2v) is 2.46. The Morgan fingerprint density at radius 1 is 1.64 bits per heavy atom. The number of carbonyl (C=O) groups excluding carboxylic acids is 1. The first-order valence-electron chi connectivity index (χ1n) is 3.18.